The standard InChI is InChI=1S/C24H41FO4S/c1-16-8-10-24-11-9-18(28-6)20(24)23(16,4)19(29-15-27-5)14-22(3,21(26)17(24)2)30-13-7-12-25/h16-20H,7-15H2,1-6H3/t16-,17+,18-,19-,20?,22-,23+,24?/m1/s1. The fourth-order valence-corrected chi connectivity index (χ4v) is 8.54. The van der Waals surface area contributed by atoms with Gasteiger partial charge >= 0.3 is 0 Å². The summed E-state index contributed by atoms with van der Waals surface area (Å²) in [6.07, 6.45) is 5.40. The van der Waals surface area contributed by atoms with Crippen molar-refractivity contribution in [1.82, 2.24) is 0 Å². The summed E-state index contributed by atoms with van der Waals surface area (Å²) in [7, 11) is 3.47. The Hall–Kier alpha value is -0.170. The van der Waals surface area contributed by atoms with Crippen LogP contribution in [0, 0.1) is 28.6 Å². The number of hydrogen-bond acceptors (Lipinski definition) is 5. The molecular formula is C24H41FO4S. The van der Waals surface area contributed by atoms with Crippen molar-refractivity contribution in [2.75, 3.05) is 33.4 Å². The molecule has 0 heterocycles. The molecule has 3 aliphatic rings. The summed E-state index contributed by atoms with van der Waals surface area (Å²) in [5.74, 6) is 1.70. The zero-order valence-electron chi connectivity index (χ0n) is 19.7. The van der Waals surface area contributed by atoms with E-state index in [-0.39, 0.29) is 42.4 Å². The third-order valence-corrected chi connectivity index (χ3v) is 10.6. The quantitative estimate of drug-likeness (QED) is 0.376. The van der Waals surface area contributed by atoms with Gasteiger partial charge in [-0.15, -0.1) is 11.8 Å². The van der Waals surface area contributed by atoms with Crippen molar-refractivity contribution in [1.29, 1.82) is 0 Å². The second-order valence-electron chi connectivity index (χ2n) is 10.3. The van der Waals surface area contributed by atoms with Crippen molar-refractivity contribution in [2.45, 2.75) is 83.2 Å². The Kier molecular flexibility index (Phi) is 7.64. The maximum Gasteiger partial charge on any atom is 0.152 e. The van der Waals surface area contributed by atoms with E-state index in [0.29, 0.717) is 36.2 Å². The number of hydrogen-bond donors (Lipinski definition) is 0. The number of carbonyl (C=O) groups excluding carboxylic acids is 1. The van der Waals surface area contributed by atoms with Gasteiger partial charge in [-0.3, -0.25) is 9.18 Å². The normalized spacial score (nSPS) is 46.4. The van der Waals surface area contributed by atoms with E-state index < -0.39 is 4.75 Å². The minimum absolute atomic E-state index is 0.0271. The highest BCUT2D eigenvalue weighted by Crippen LogP contribution is 2.68. The van der Waals surface area contributed by atoms with Crippen LogP contribution in [0.2, 0.25) is 0 Å². The number of rotatable bonds is 8. The summed E-state index contributed by atoms with van der Waals surface area (Å²) in [4.78, 5) is 14.0. The van der Waals surface area contributed by atoms with E-state index in [1.165, 1.54) is 0 Å². The molecule has 3 saturated carbocycles. The Morgan fingerprint density at radius 1 is 1.17 bits per heavy atom. The predicted molar refractivity (Wildman–Crippen MR) is 119 cm³/mol. The molecule has 0 amide bonds. The molecule has 0 aromatic rings. The molecule has 8 atom stereocenters. The first-order chi connectivity index (χ1) is 14.2. The van der Waals surface area contributed by atoms with Crippen LogP contribution in [0.5, 0.6) is 0 Å². The van der Waals surface area contributed by atoms with Gasteiger partial charge in [-0.05, 0) is 68.5 Å². The van der Waals surface area contributed by atoms with Gasteiger partial charge in [0.2, 0.25) is 0 Å². The smallest absolute Gasteiger partial charge is 0.152 e. The van der Waals surface area contributed by atoms with Crippen molar-refractivity contribution in [3.63, 3.8) is 0 Å². The van der Waals surface area contributed by atoms with Gasteiger partial charge in [-0.25, -0.2) is 0 Å². The number of Topliss-reactive ketones (excluding diaryl/α,β-unsaturated/α-hetero) is 1. The van der Waals surface area contributed by atoms with E-state index >= 15 is 0 Å². The Bertz CT molecular complexity index is 618. The minimum Gasteiger partial charge on any atom is -0.381 e. The van der Waals surface area contributed by atoms with Crippen molar-refractivity contribution in [3.8, 4) is 0 Å². The average molecular weight is 445 g/mol. The SMILES string of the molecule is COCO[C@@H]1C[C@@](C)(SCCCF)C(=O)[C@H](C)C23CC[C@@H](C)[C@]1(C)C2[C@H](OC)CC3. The topological polar surface area (TPSA) is 44.8 Å². The summed E-state index contributed by atoms with van der Waals surface area (Å²) in [5, 5.41) is 0. The van der Waals surface area contributed by atoms with Crippen molar-refractivity contribution < 1.29 is 23.4 Å². The fraction of sp³-hybridized carbons (Fsp3) is 0.958. The second-order valence-corrected chi connectivity index (χ2v) is 11.9. The number of ether oxygens (including phenoxy) is 3. The van der Waals surface area contributed by atoms with Gasteiger partial charge in [0.1, 0.15) is 6.79 Å². The molecule has 30 heavy (non-hydrogen) atoms. The van der Waals surface area contributed by atoms with Crippen LogP contribution in [0.15, 0.2) is 0 Å². The van der Waals surface area contributed by atoms with Crippen molar-refractivity contribution in [3.05, 3.63) is 0 Å². The lowest BCUT2D eigenvalue weighted by Gasteiger charge is -2.62. The highest BCUT2D eigenvalue weighted by molar-refractivity contribution is 8.01. The first-order valence-electron chi connectivity index (χ1n) is 11.6. The van der Waals surface area contributed by atoms with E-state index in [1.807, 2.05) is 7.11 Å². The summed E-state index contributed by atoms with van der Waals surface area (Å²) in [6.45, 7) is 8.84. The van der Waals surface area contributed by atoms with Crippen molar-refractivity contribution >= 4 is 17.5 Å². The highest BCUT2D eigenvalue weighted by Gasteiger charge is 2.68. The van der Waals surface area contributed by atoms with E-state index in [1.54, 1.807) is 18.9 Å². The molecule has 0 aromatic carbocycles. The van der Waals surface area contributed by atoms with Crippen LogP contribution in [0.3, 0.4) is 0 Å². The van der Waals surface area contributed by atoms with Gasteiger partial charge in [-0.2, -0.15) is 0 Å². The van der Waals surface area contributed by atoms with E-state index in [0.717, 1.165) is 25.7 Å². The maximum absolute atomic E-state index is 14.0. The van der Waals surface area contributed by atoms with Crippen LogP contribution >= 0.6 is 11.8 Å². The summed E-state index contributed by atoms with van der Waals surface area (Å²) >= 11 is 1.63. The minimum atomic E-state index is -0.575. The number of alkyl halides is 1. The van der Waals surface area contributed by atoms with Gasteiger partial charge in [0.25, 0.3) is 0 Å². The molecule has 6 heteroatoms. The molecule has 0 N–H and O–H groups in total. The lowest BCUT2D eigenvalue weighted by molar-refractivity contribution is -0.211. The van der Waals surface area contributed by atoms with Crippen molar-refractivity contribution in [2.24, 2.45) is 28.6 Å². The van der Waals surface area contributed by atoms with Crippen LogP contribution in [0.4, 0.5) is 4.39 Å². The Labute approximate surface area is 186 Å². The zero-order valence-corrected chi connectivity index (χ0v) is 20.5. The van der Waals surface area contributed by atoms with Crippen LogP contribution < -0.4 is 0 Å². The third kappa shape index (κ3) is 3.78. The summed E-state index contributed by atoms with van der Waals surface area (Å²) < 4.78 is 30.0. The Morgan fingerprint density at radius 2 is 1.87 bits per heavy atom. The lowest BCUT2D eigenvalue weighted by Crippen LogP contribution is -2.63. The molecule has 3 rings (SSSR count). The number of ketones is 1. The lowest BCUT2D eigenvalue weighted by atomic mass is 9.45. The van der Waals surface area contributed by atoms with E-state index in [9.17, 15) is 9.18 Å². The van der Waals surface area contributed by atoms with E-state index in [4.69, 9.17) is 14.2 Å². The first-order valence-corrected chi connectivity index (χ1v) is 12.6. The number of methoxy groups -OCH3 is 2. The van der Waals surface area contributed by atoms with Crippen LogP contribution in [0.25, 0.3) is 0 Å². The number of carbonyl (C=O) groups is 1. The molecule has 2 unspecified atom stereocenters. The van der Waals surface area contributed by atoms with Gasteiger partial charge in [-0.1, -0.05) is 20.8 Å². The fourth-order valence-electron chi connectivity index (χ4n) is 7.24. The molecule has 174 valence electrons. The molecular weight excluding hydrogens is 403 g/mol. The largest absolute Gasteiger partial charge is 0.381 e. The number of halogens is 1. The highest BCUT2D eigenvalue weighted by atomic mass is 32.2. The average Bonchev–Trinajstić information content (AvgIpc) is 3.13. The Morgan fingerprint density at radius 3 is 2.50 bits per heavy atom. The molecule has 4 nitrogen and oxygen atoms in total. The van der Waals surface area contributed by atoms with Crippen LogP contribution in [-0.2, 0) is 19.0 Å². The van der Waals surface area contributed by atoms with Gasteiger partial charge in [0, 0.05) is 25.6 Å². The molecule has 2 bridgehead atoms. The molecule has 3 fully saturated rings. The van der Waals surface area contributed by atoms with Crippen LogP contribution in [0.1, 0.15) is 66.2 Å². The Balaban J connectivity index is 2.11. The number of thioether (sulfide) groups is 1. The second kappa shape index (κ2) is 9.36. The van der Waals surface area contributed by atoms with Crippen LogP contribution in [-0.4, -0.2) is 56.2 Å². The predicted octanol–water partition coefficient (Wildman–Crippen LogP) is 5.28. The van der Waals surface area contributed by atoms with Gasteiger partial charge in [0.15, 0.2) is 5.78 Å². The third-order valence-electron chi connectivity index (χ3n) is 9.09. The zero-order chi connectivity index (χ0) is 22.2. The maximum atomic E-state index is 14.0. The molecule has 0 saturated heterocycles. The molecule has 0 radical (unpaired) electrons. The molecule has 0 spiro atoms. The molecule has 0 aromatic heterocycles. The van der Waals surface area contributed by atoms with E-state index in [2.05, 4.69) is 27.7 Å². The molecule has 3 aliphatic carbocycles. The van der Waals surface area contributed by atoms with Gasteiger partial charge in [0.05, 0.1) is 23.6 Å². The summed E-state index contributed by atoms with van der Waals surface area (Å²) in [5.41, 5.74) is -0.152. The monoisotopic (exact) mass is 444 g/mol. The van der Waals surface area contributed by atoms with Gasteiger partial charge < -0.3 is 14.2 Å². The molecule has 0 aliphatic heterocycles. The summed E-state index contributed by atoms with van der Waals surface area (Å²) in [6, 6.07) is 0. The first kappa shape index (κ1) is 24.5.